The van der Waals surface area contributed by atoms with Crippen molar-refractivity contribution in [2.24, 2.45) is 5.73 Å². The number of hydrogen-bond donors (Lipinski definition) is 2. The number of nitrogens with two attached hydrogens (primary N) is 1. The van der Waals surface area contributed by atoms with Crippen LogP contribution in [-0.4, -0.2) is 44.8 Å². The van der Waals surface area contributed by atoms with Gasteiger partial charge in [0.25, 0.3) is 0 Å². The molecule has 0 aromatic heterocycles. The number of nitrogens with one attached hydrogen (secondary N) is 1. The highest BCUT2D eigenvalue weighted by Gasteiger charge is 2.36. The van der Waals surface area contributed by atoms with Crippen LogP contribution in [0.25, 0.3) is 0 Å². The molecule has 1 aliphatic heterocycles. The number of benzene rings is 1. The summed E-state index contributed by atoms with van der Waals surface area (Å²) in [6.07, 6.45) is 0.792. The van der Waals surface area contributed by atoms with E-state index >= 15 is 0 Å². The largest absolute Gasteiger partial charge is 0.493 e. The topological polar surface area (TPSA) is 99.9 Å². The summed E-state index contributed by atoms with van der Waals surface area (Å²) in [5, 5.41) is 2.36. The zero-order valence-corrected chi connectivity index (χ0v) is 13.4. The van der Waals surface area contributed by atoms with E-state index in [4.69, 9.17) is 19.9 Å². The van der Waals surface area contributed by atoms with Crippen LogP contribution in [0.4, 0.5) is 0 Å². The molecule has 0 atom stereocenters. The SMILES string of the molecule is COc1ccc(CCC(=O)NC(=O)CC2(N)COC2)cc1OC. The number of methoxy groups -OCH3 is 2. The van der Waals surface area contributed by atoms with E-state index < -0.39 is 5.54 Å². The minimum atomic E-state index is -0.631. The lowest BCUT2D eigenvalue weighted by molar-refractivity contribution is -0.134. The van der Waals surface area contributed by atoms with Gasteiger partial charge in [0.1, 0.15) is 0 Å². The Morgan fingerprint density at radius 1 is 1.22 bits per heavy atom. The Hall–Kier alpha value is -2.12. The Bertz CT molecular complexity index is 584. The number of ether oxygens (including phenoxy) is 3. The molecule has 1 aliphatic rings. The van der Waals surface area contributed by atoms with Crippen LogP contribution in [0.1, 0.15) is 18.4 Å². The molecule has 1 heterocycles. The Balaban J connectivity index is 1.80. The number of aryl methyl sites for hydroxylation is 1. The van der Waals surface area contributed by atoms with Crippen molar-refractivity contribution in [1.82, 2.24) is 5.32 Å². The van der Waals surface area contributed by atoms with Crippen molar-refractivity contribution in [3.63, 3.8) is 0 Å². The normalized spacial score (nSPS) is 15.4. The Kier molecular flexibility index (Phi) is 5.57. The standard InChI is InChI=1S/C16H22N2O5/c1-21-12-5-3-11(7-13(12)22-2)4-6-14(19)18-15(20)8-16(17)9-23-10-16/h3,5,7H,4,6,8-10,17H2,1-2H3,(H,18,19,20). The fourth-order valence-corrected chi connectivity index (χ4v) is 2.34. The third-order valence-electron chi connectivity index (χ3n) is 3.66. The summed E-state index contributed by atoms with van der Waals surface area (Å²) in [5.41, 5.74) is 6.17. The summed E-state index contributed by atoms with van der Waals surface area (Å²) >= 11 is 0. The van der Waals surface area contributed by atoms with E-state index in [0.29, 0.717) is 31.1 Å². The van der Waals surface area contributed by atoms with E-state index in [1.807, 2.05) is 12.1 Å². The number of imide groups is 1. The van der Waals surface area contributed by atoms with Gasteiger partial charge in [-0.05, 0) is 24.1 Å². The molecule has 1 saturated heterocycles. The third kappa shape index (κ3) is 4.67. The second-order valence-electron chi connectivity index (χ2n) is 5.69. The monoisotopic (exact) mass is 322 g/mol. The molecule has 0 radical (unpaired) electrons. The molecule has 2 amide bonds. The number of rotatable bonds is 7. The van der Waals surface area contributed by atoms with E-state index in [-0.39, 0.29) is 24.7 Å². The fourth-order valence-electron chi connectivity index (χ4n) is 2.34. The first-order valence-corrected chi connectivity index (χ1v) is 7.36. The molecule has 3 N–H and O–H groups in total. The zero-order valence-electron chi connectivity index (χ0n) is 13.4. The van der Waals surface area contributed by atoms with Crippen LogP contribution in [0.2, 0.25) is 0 Å². The minimum absolute atomic E-state index is 0.0924. The van der Waals surface area contributed by atoms with Crippen LogP contribution in [0.3, 0.4) is 0 Å². The van der Waals surface area contributed by atoms with Crippen LogP contribution < -0.4 is 20.5 Å². The second-order valence-corrected chi connectivity index (χ2v) is 5.69. The molecule has 126 valence electrons. The van der Waals surface area contributed by atoms with Gasteiger partial charge in [0.05, 0.1) is 33.0 Å². The highest BCUT2D eigenvalue weighted by atomic mass is 16.5. The number of hydrogen-bond acceptors (Lipinski definition) is 6. The predicted molar refractivity (Wildman–Crippen MR) is 83.4 cm³/mol. The Morgan fingerprint density at radius 2 is 1.91 bits per heavy atom. The molecule has 1 aromatic carbocycles. The lowest BCUT2D eigenvalue weighted by Crippen LogP contribution is -2.59. The minimum Gasteiger partial charge on any atom is -0.493 e. The average Bonchev–Trinajstić information content (AvgIpc) is 2.50. The summed E-state index contributed by atoms with van der Waals surface area (Å²) in [6, 6.07) is 5.46. The van der Waals surface area contributed by atoms with Gasteiger partial charge in [-0.3, -0.25) is 14.9 Å². The molecule has 7 nitrogen and oxygen atoms in total. The first kappa shape index (κ1) is 17.2. The molecule has 1 aromatic rings. The lowest BCUT2D eigenvalue weighted by atomic mass is 9.94. The molecular weight excluding hydrogens is 300 g/mol. The number of carbonyl (C=O) groups is 2. The number of amides is 2. The third-order valence-corrected chi connectivity index (χ3v) is 3.66. The van der Waals surface area contributed by atoms with Gasteiger partial charge in [-0.25, -0.2) is 0 Å². The average molecular weight is 322 g/mol. The van der Waals surface area contributed by atoms with Crippen molar-refractivity contribution in [2.75, 3.05) is 27.4 Å². The molecule has 0 bridgehead atoms. The van der Waals surface area contributed by atoms with Gasteiger partial charge in [0, 0.05) is 12.8 Å². The molecule has 7 heteroatoms. The quantitative estimate of drug-likeness (QED) is 0.753. The summed E-state index contributed by atoms with van der Waals surface area (Å²) in [7, 11) is 3.12. The van der Waals surface area contributed by atoms with Gasteiger partial charge in [0.15, 0.2) is 11.5 Å². The van der Waals surface area contributed by atoms with Crippen molar-refractivity contribution in [3.8, 4) is 11.5 Å². The molecule has 0 aliphatic carbocycles. The van der Waals surface area contributed by atoms with Crippen LogP contribution >= 0.6 is 0 Å². The van der Waals surface area contributed by atoms with Gasteiger partial charge >= 0.3 is 0 Å². The molecule has 0 unspecified atom stereocenters. The lowest BCUT2D eigenvalue weighted by Gasteiger charge is -2.36. The maximum absolute atomic E-state index is 11.8. The summed E-state index contributed by atoms with van der Waals surface area (Å²) in [4.78, 5) is 23.6. The maximum atomic E-state index is 11.8. The number of carbonyl (C=O) groups excluding carboxylic acids is 2. The second kappa shape index (κ2) is 7.43. The van der Waals surface area contributed by atoms with Gasteiger partial charge in [-0.1, -0.05) is 6.07 Å². The van der Waals surface area contributed by atoms with E-state index in [0.717, 1.165) is 5.56 Å². The Morgan fingerprint density at radius 3 is 2.48 bits per heavy atom. The smallest absolute Gasteiger partial charge is 0.228 e. The van der Waals surface area contributed by atoms with Crippen molar-refractivity contribution in [3.05, 3.63) is 23.8 Å². The first-order valence-electron chi connectivity index (χ1n) is 7.36. The zero-order chi connectivity index (χ0) is 16.9. The van der Waals surface area contributed by atoms with E-state index in [1.54, 1.807) is 20.3 Å². The maximum Gasteiger partial charge on any atom is 0.228 e. The summed E-state index contributed by atoms with van der Waals surface area (Å²) in [5.74, 6) is 0.546. The molecule has 0 saturated carbocycles. The van der Waals surface area contributed by atoms with E-state index in [2.05, 4.69) is 5.32 Å². The van der Waals surface area contributed by atoms with E-state index in [9.17, 15) is 9.59 Å². The summed E-state index contributed by atoms with van der Waals surface area (Å²) < 4.78 is 15.4. The predicted octanol–water partition coefficient (Wildman–Crippen LogP) is 0.397. The summed E-state index contributed by atoms with van der Waals surface area (Å²) in [6.45, 7) is 0.695. The molecule has 0 spiro atoms. The van der Waals surface area contributed by atoms with Crippen LogP contribution in [0.5, 0.6) is 11.5 Å². The van der Waals surface area contributed by atoms with Gasteiger partial charge in [-0.15, -0.1) is 0 Å². The van der Waals surface area contributed by atoms with Crippen molar-refractivity contribution >= 4 is 11.8 Å². The van der Waals surface area contributed by atoms with Crippen molar-refractivity contribution in [1.29, 1.82) is 0 Å². The first-order chi connectivity index (χ1) is 11.0. The molecular formula is C16H22N2O5. The van der Waals surface area contributed by atoms with Gasteiger partial charge in [0.2, 0.25) is 11.8 Å². The van der Waals surface area contributed by atoms with Crippen LogP contribution in [-0.2, 0) is 20.7 Å². The fraction of sp³-hybridized carbons (Fsp3) is 0.500. The van der Waals surface area contributed by atoms with Gasteiger partial charge in [-0.2, -0.15) is 0 Å². The highest BCUT2D eigenvalue weighted by molar-refractivity contribution is 5.95. The van der Waals surface area contributed by atoms with Crippen LogP contribution in [0.15, 0.2) is 18.2 Å². The van der Waals surface area contributed by atoms with Crippen LogP contribution in [0, 0.1) is 0 Å². The molecule has 1 fully saturated rings. The molecule has 23 heavy (non-hydrogen) atoms. The van der Waals surface area contributed by atoms with Gasteiger partial charge < -0.3 is 19.9 Å². The van der Waals surface area contributed by atoms with Crippen molar-refractivity contribution < 1.29 is 23.8 Å². The Labute approximate surface area is 135 Å². The molecule has 2 rings (SSSR count). The van der Waals surface area contributed by atoms with E-state index in [1.165, 1.54) is 0 Å². The highest BCUT2D eigenvalue weighted by Crippen LogP contribution is 2.27. The van der Waals surface area contributed by atoms with Crippen molar-refractivity contribution in [2.45, 2.75) is 24.8 Å².